The number of nitrogens with one attached hydrogen (secondary N) is 1. The minimum Gasteiger partial charge on any atom is -0.550 e. The van der Waals surface area contributed by atoms with Crippen LogP contribution >= 0.6 is 0 Å². The van der Waals surface area contributed by atoms with Crippen LogP contribution in [0.25, 0.3) is 11.1 Å². The Morgan fingerprint density at radius 2 is 1.65 bits per heavy atom. The highest BCUT2D eigenvalue weighted by Gasteiger charge is 2.29. The number of carbonyl (C=O) groups is 2. The van der Waals surface area contributed by atoms with Gasteiger partial charge in [-0.15, -0.1) is 0 Å². The summed E-state index contributed by atoms with van der Waals surface area (Å²) in [6, 6.07) is 23.6. The van der Waals surface area contributed by atoms with E-state index >= 15 is 0 Å². The zero-order valence-corrected chi connectivity index (χ0v) is 16.6. The van der Waals surface area contributed by atoms with E-state index < -0.39 is 24.5 Å². The summed E-state index contributed by atoms with van der Waals surface area (Å²) in [6.45, 7) is 0.121. The fourth-order valence-electron chi connectivity index (χ4n) is 4.03. The lowest BCUT2D eigenvalue weighted by Gasteiger charge is -2.21. The molecular weight excluding hydrogens is 392 g/mol. The van der Waals surface area contributed by atoms with Gasteiger partial charge in [-0.2, -0.15) is 5.26 Å². The molecule has 1 atom stereocenters. The monoisotopic (exact) mass is 411 g/mol. The molecule has 6 nitrogen and oxygen atoms in total. The molecule has 0 fully saturated rings. The van der Waals surface area contributed by atoms with Crippen molar-refractivity contribution in [1.82, 2.24) is 5.32 Å². The van der Waals surface area contributed by atoms with Gasteiger partial charge in [0.05, 0.1) is 17.7 Å². The molecule has 1 amide bonds. The van der Waals surface area contributed by atoms with Crippen LogP contribution in [0.5, 0.6) is 0 Å². The molecule has 1 N–H and O–H groups in total. The van der Waals surface area contributed by atoms with Crippen molar-refractivity contribution in [3.8, 4) is 17.2 Å². The Labute approximate surface area is 179 Å². The Hall–Kier alpha value is -4.11. The number of nitriles is 1. The molecular formula is C25H19N2O4-. The molecule has 0 spiro atoms. The Morgan fingerprint density at radius 3 is 2.26 bits per heavy atom. The predicted octanol–water partition coefficient (Wildman–Crippen LogP) is 3.28. The van der Waals surface area contributed by atoms with E-state index in [2.05, 4.69) is 5.32 Å². The number of carboxylic acid groups (broad SMARTS) is 1. The first-order valence-electron chi connectivity index (χ1n) is 9.88. The van der Waals surface area contributed by atoms with E-state index in [0.717, 1.165) is 22.3 Å². The second kappa shape index (κ2) is 8.72. The number of rotatable bonds is 6. The van der Waals surface area contributed by atoms with Gasteiger partial charge < -0.3 is 20.0 Å². The number of carboxylic acids is 1. The van der Waals surface area contributed by atoms with Gasteiger partial charge in [0.1, 0.15) is 6.61 Å². The number of hydrogen-bond acceptors (Lipinski definition) is 5. The summed E-state index contributed by atoms with van der Waals surface area (Å²) >= 11 is 0. The van der Waals surface area contributed by atoms with Crippen molar-refractivity contribution in [2.45, 2.75) is 18.4 Å². The van der Waals surface area contributed by atoms with Crippen molar-refractivity contribution in [1.29, 1.82) is 5.26 Å². The number of hydrogen-bond donors (Lipinski definition) is 1. The van der Waals surface area contributed by atoms with E-state index in [1.54, 1.807) is 18.2 Å². The van der Waals surface area contributed by atoms with E-state index in [-0.39, 0.29) is 12.5 Å². The summed E-state index contributed by atoms with van der Waals surface area (Å²) in [6.07, 6.45) is -1.16. The first kappa shape index (κ1) is 20.2. The van der Waals surface area contributed by atoms with Gasteiger partial charge in [-0.05, 0) is 39.9 Å². The predicted molar refractivity (Wildman–Crippen MR) is 112 cm³/mol. The number of benzene rings is 3. The zero-order valence-electron chi connectivity index (χ0n) is 16.6. The molecule has 154 valence electrons. The van der Waals surface area contributed by atoms with Crippen LogP contribution in [0.1, 0.15) is 40.6 Å². The van der Waals surface area contributed by atoms with Crippen molar-refractivity contribution < 1.29 is 19.4 Å². The lowest BCUT2D eigenvalue weighted by Crippen LogP contribution is -2.35. The first-order valence-corrected chi connectivity index (χ1v) is 9.88. The van der Waals surface area contributed by atoms with Crippen LogP contribution in [-0.2, 0) is 9.53 Å². The lowest BCUT2D eigenvalue weighted by atomic mass is 9.98. The maximum atomic E-state index is 12.5. The van der Waals surface area contributed by atoms with E-state index in [1.165, 1.54) is 6.07 Å². The van der Waals surface area contributed by atoms with Crippen LogP contribution in [0.4, 0.5) is 4.79 Å². The number of fused-ring (bicyclic) bond motifs is 3. The number of nitrogens with zero attached hydrogens (tertiary/aromatic N) is 1. The van der Waals surface area contributed by atoms with Crippen molar-refractivity contribution >= 4 is 12.1 Å². The quantitative estimate of drug-likeness (QED) is 0.671. The second-order valence-electron chi connectivity index (χ2n) is 7.34. The lowest BCUT2D eigenvalue weighted by molar-refractivity contribution is -0.306. The summed E-state index contributed by atoms with van der Waals surface area (Å²) in [4.78, 5) is 23.7. The number of ether oxygens (including phenoxy) is 1. The van der Waals surface area contributed by atoms with Gasteiger partial charge in [-0.3, -0.25) is 0 Å². The fourth-order valence-corrected chi connectivity index (χ4v) is 4.03. The Bertz CT molecular complexity index is 1140. The molecule has 31 heavy (non-hydrogen) atoms. The topological polar surface area (TPSA) is 102 Å². The number of aliphatic carboxylic acids is 1. The summed E-state index contributed by atoms with van der Waals surface area (Å²) < 4.78 is 5.50. The van der Waals surface area contributed by atoms with Gasteiger partial charge in [-0.1, -0.05) is 60.7 Å². The van der Waals surface area contributed by atoms with Gasteiger partial charge in [0.15, 0.2) is 0 Å². The smallest absolute Gasteiger partial charge is 0.407 e. The number of carbonyl (C=O) groups excluding carboxylic acids is 2. The molecule has 3 aromatic rings. The molecule has 0 aliphatic heterocycles. The summed E-state index contributed by atoms with van der Waals surface area (Å²) in [5.41, 5.74) is 5.28. The molecule has 0 saturated heterocycles. The molecule has 1 aliphatic carbocycles. The highest BCUT2D eigenvalue weighted by molar-refractivity contribution is 5.79. The molecule has 4 rings (SSSR count). The van der Waals surface area contributed by atoms with Crippen molar-refractivity contribution in [3.05, 3.63) is 95.1 Å². The molecule has 0 radical (unpaired) electrons. The number of amides is 1. The normalized spacial score (nSPS) is 12.9. The third kappa shape index (κ3) is 4.26. The zero-order chi connectivity index (χ0) is 21.8. The van der Waals surface area contributed by atoms with Gasteiger partial charge in [0.25, 0.3) is 0 Å². The van der Waals surface area contributed by atoms with Crippen molar-refractivity contribution in [2.24, 2.45) is 0 Å². The summed E-state index contributed by atoms with van der Waals surface area (Å²) in [5, 5.41) is 22.9. The Kier molecular flexibility index (Phi) is 5.67. The molecule has 6 heteroatoms. The van der Waals surface area contributed by atoms with E-state index in [9.17, 15) is 14.7 Å². The molecule has 0 bridgehead atoms. The molecule has 0 saturated carbocycles. The third-order valence-corrected chi connectivity index (χ3v) is 5.42. The highest BCUT2D eigenvalue weighted by Crippen LogP contribution is 2.44. The van der Waals surface area contributed by atoms with Crippen LogP contribution in [0, 0.1) is 11.3 Å². The molecule has 0 unspecified atom stereocenters. The van der Waals surface area contributed by atoms with E-state index in [4.69, 9.17) is 10.00 Å². The van der Waals surface area contributed by atoms with E-state index in [0.29, 0.717) is 11.1 Å². The molecule has 0 aromatic heterocycles. The van der Waals surface area contributed by atoms with Crippen LogP contribution in [-0.4, -0.2) is 18.7 Å². The highest BCUT2D eigenvalue weighted by atomic mass is 16.5. The van der Waals surface area contributed by atoms with Crippen LogP contribution in [0.2, 0.25) is 0 Å². The average Bonchev–Trinajstić information content (AvgIpc) is 3.11. The Balaban J connectivity index is 1.49. The first-order chi connectivity index (χ1) is 15.1. The average molecular weight is 411 g/mol. The van der Waals surface area contributed by atoms with Crippen LogP contribution in [0.15, 0.2) is 72.8 Å². The summed E-state index contributed by atoms with van der Waals surface area (Å²) in [7, 11) is 0. The molecule has 0 heterocycles. The summed E-state index contributed by atoms with van der Waals surface area (Å²) in [5.74, 6) is -1.41. The minimum atomic E-state index is -1.31. The van der Waals surface area contributed by atoms with Gasteiger partial charge in [0, 0.05) is 18.3 Å². The van der Waals surface area contributed by atoms with Gasteiger partial charge >= 0.3 is 6.09 Å². The van der Waals surface area contributed by atoms with Crippen LogP contribution in [0.3, 0.4) is 0 Å². The number of alkyl carbamates (subject to hydrolysis) is 1. The fraction of sp³-hybridized carbons (Fsp3) is 0.160. The largest absolute Gasteiger partial charge is 0.550 e. The minimum absolute atomic E-state index is 0.0975. The molecule has 3 aromatic carbocycles. The van der Waals surface area contributed by atoms with Crippen LogP contribution < -0.4 is 10.4 Å². The van der Waals surface area contributed by atoms with Crippen molar-refractivity contribution in [2.75, 3.05) is 6.61 Å². The van der Waals surface area contributed by atoms with Crippen molar-refractivity contribution in [3.63, 3.8) is 0 Å². The van der Waals surface area contributed by atoms with Gasteiger partial charge in [0.2, 0.25) is 0 Å². The maximum absolute atomic E-state index is 12.5. The standard InChI is InChI=1S/C25H20N2O4/c26-14-16-6-5-7-17(12-16)23(13-24(28)29)27-25(30)31-15-22-20-10-3-1-8-18(20)19-9-2-4-11-21(19)22/h1-12,22-23H,13,15H2,(H,27,30)(H,28,29)/p-1/t23-/m0/s1. The van der Waals surface area contributed by atoms with E-state index in [1.807, 2.05) is 54.6 Å². The third-order valence-electron chi connectivity index (χ3n) is 5.42. The van der Waals surface area contributed by atoms with Gasteiger partial charge in [-0.25, -0.2) is 4.79 Å². The maximum Gasteiger partial charge on any atom is 0.407 e. The second-order valence-corrected chi connectivity index (χ2v) is 7.34. The SMILES string of the molecule is N#Cc1cccc([C@H](CC(=O)[O-])NC(=O)OCC2c3ccccc3-c3ccccc32)c1. The Morgan fingerprint density at radius 1 is 1.00 bits per heavy atom. The molecule has 1 aliphatic rings.